The molecule has 1 aliphatic rings. The smallest absolute Gasteiger partial charge is 0.371 e. The summed E-state index contributed by atoms with van der Waals surface area (Å²) in [6, 6.07) is 10.1. The number of rotatable bonds is 7. The molecule has 0 spiro atoms. The SMILES string of the molecule is COc1ccccc1CN(CC1CCCO1)C(=O)c1ccc(C(=O)O)o1. The fourth-order valence-corrected chi connectivity index (χ4v) is 3.02. The van der Waals surface area contributed by atoms with Crippen LogP contribution in [0.2, 0.25) is 0 Å². The summed E-state index contributed by atoms with van der Waals surface area (Å²) in [4.78, 5) is 25.5. The van der Waals surface area contributed by atoms with Crippen LogP contribution in [0.15, 0.2) is 40.8 Å². The summed E-state index contributed by atoms with van der Waals surface area (Å²) in [7, 11) is 1.58. The number of methoxy groups -OCH3 is 1. The van der Waals surface area contributed by atoms with Gasteiger partial charge in [-0.2, -0.15) is 0 Å². The van der Waals surface area contributed by atoms with Gasteiger partial charge < -0.3 is 23.9 Å². The molecule has 1 aromatic carbocycles. The zero-order valence-electron chi connectivity index (χ0n) is 14.5. The number of aromatic carboxylic acids is 1. The maximum atomic E-state index is 12.9. The van der Waals surface area contributed by atoms with Crippen molar-refractivity contribution < 1.29 is 28.6 Å². The molecule has 1 saturated heterocycles. The molecule has 26 heavy (non-hydrogen) atoms. The van der Waals surface area contributed by atoms with Crippen molar-refractivity contribution in [1.82, 2.24) is 4.90 Å². The summed E-state index contributed by atoms with van der Waals surface area (Å²) in [6.45, 7) is 1.40. The topological polar surface area (TPSA) is 89.2 Å². The molecule has 7 nitrogen and oxygen atoms in total. The number of para-hydroxylation sites is 1. The Morgan fingerprint density at radius 1 is 1.23 bits per heavy atom. The molecule has 2 heterocycles. The maximum Gasteiger partial charge on any atom is 0.371 e. The van der Waals surface area contributed by atoms with E-state index in [0.717, 1.165) is 18.4 Å². The van der Waals surface area contributed by atoms with Gasteiger partial charge in [0.15, 0.2) is 5.76 Å². The van der Waals surface area contributed by atoms with E-state index in [-0.39, 0.29) is 23.5 Å². The minimum Gasteiger partial charge on any atom is -0.496 e. The lowest BCUT2D eigenvalue weighted by molar-refractivity contribution is 0.0477. The monoisotopic (exact) mass is 359 g/mol. The number of benzene rings is 1. The Balaban J connectivity index is 1.83. The van der Waals surface area contributed by atoms with Gasteiger partial charge in [-0.05, 0) is 31.0 Å². The Kier molecular flexibility index (Phi) is 5.58. The van der Waals surface area contributed by atoms with Crippen molar-refractivity contribution in [2.75, 3.05) is 20.3 Å². The molecule has 1 aliphatic heterocycles. The molecule has 1 atom stereocenters. The van der Waals surface area contributed by atoms with Crippen LogP contribution in [0.4, 0.5) is 0 Å². The standard InChI is InChI=1S/C19H21NO6/c1-24-15-7-3-2-5-13(15)11-20(12-14-6-4-10-25-14)18(21)16-8-9-17(26-16)19(22)23/h2-3,5,7-9,14H,4,6,10-12H2,1H3,(H,22,23). The first-order chi connectivity index (χ1) is 12.6. The molecule has 3 rings (SSSR count). The van der Waals surface area contributed by atoms with Crippen molar-refractivity contribution in [2.45, 2.75) is 25.5 Å². The van der Waals surface area contributed by atoms with Crippen LogP contribution < -0.4 is 4.74 Å². The van der Waals surface area contributed by atoms with Gasteiger partial charge in [0.1, 0.15) is 5.75 Å². The molecule has 1 unspecified atom stereocenters. The summed E-state index contributed by atoms with van der Waals surface area (Å²) >= 11 is 0. The second-order valence-electron chi connectivity index (χ2n) is 6.10. The molecule has 1 N–H and O–H groups in total. The van der Waals surface area contributed by atoms with E-state index >= 15 is 0 Å². The summed E-state index contributed by atoms with van der Waals surface area (Å²) in [5.41, 5.74) is 0.853. The van der Waals surface area contributed by atoms with Gasteiger partial charge in [-0.3, -0.25) is 4.79 Å². The van der Waals surface area contributed by atoms with Gasteiger partial charge >= 0.3 is 5.97 Å². The summed E-state index contributed by atoms with van der Waals surface area (Å²) in [5, 5.41) is 9.00. The van der Waals surface area contributed by atoms with Gasteiger partial charge in [-0.15, -0.1) is 0 Å². The number of ether oxygens (including phenoxy) is 2. The highest BCUT2D eigenvalue weighted by atomic mass is 16.5. The van der Waals surface area contributed by atoms with Crippen LogP contribution >= 0.6 is 0 Å². The molecule has 0 aliphatic carbocycles. The third-order valence-electron chi connectivity index (χ3n) is 4.32. The number of nitrogens with zero attached hydrogens (tertiary/aromatic N) is 1. The van der Waals surface area contributed by atoms with Crippen LogP contribution in [-0.4, -0.2) is 48.2 Å². The minimum absolute atomic E-state index is 0.00436. The highest BCUT2D eigenvalue weighted by molar-refractivity contribution is 5.93. The molecule has 138 valence electrons. The number of carboxylic acid groups (broad SMARTS) is 1. The lowest BCUT2D eigenvalue weighted by Gasteiger charge is -2.25. The fraction of sp³-hybridized carbons (Fsp3) is 0.368. The van der Waals surface area contributed by atoms with Crippen molar-refractivity contribution in [3.05, 3.63) is 53.5 Å². The zero-order chi connectivity index (χ0) is 18.5. The predicted octanol–water partition coefficient (Wildman–Crippen LogP) is 2.81. The van der Waals surface area contributed by atoms with Gasteiger partial charge in [0.05, 0.1) is 13.2 Å². The summed E-state index contributed by atoms with van der Waals surface area (Å²) in [6.07, 6.45) is 1.81. The molecular formula is C19H21NO6. The Bertz CT molecular complexity index is 778. The predicted molar refractivity (Wildman–Crippen MR) is 92.4 cm³/mol. The summed E-state index contributed by atoms with van der Waals surface area (Å²) < 4.78 is 16.2. The van der Waals surface area contributed by atoms with Gasteiger partial charge in [0.25, 0.3) is 5.91 Å². The van der Waals surface area contributed by atoms with E-state index in [4.69, 9.17) is 19.0 Å². The third kappa shape index (κ3) is 4.05. The van der Waals surface area contributed by atoms with E-state index < -0.39 is 5.97 Å². The minimum atomic E-state index is -1.21. The van der Waals surface area contributed by atoms with Crippen LogP contribution in [0.3, 0.4) is 0 Å². The molecule has 1 aromatic heterocycles. The Hall–Kier alpha value is -2.80. The van der Waals surface area contributed by atoms with Gasteiger partial charge in [-0.25, -0.2) is 4.79 Å². The van der Waals surface area contributed by atoms with E-state index in [9.17, 15) is 9.59 Å². The summed E-state index contributed by atoms with van der Waals surface area (Å²) in [5.74, 6) is -1.17. The largest absolute Gasteiger partial charge is 0.496 e. The van der Waals surface area contributed by atoms with Gasteiger partial charge in [0, 0.05) is 25.3 Å². The second kappa shape index (κ2) is 8.05. The Labute approximate surface area is 151 Å². The van der Waals surface area contributed by atoms with E-state index in [1.807, 2.05) is 24.3 Å². The first-order valence-electron chi connectivity index (χ1n) is 8.44. The average molecular weight is 359 g/mol. The number of carbonyl (C=O) groups is 2. The number of amides is 1. The van der Waals surface area contributed by atoms with Crippen LogP contribution in [0.5, 0.6) is 5.75 Å². The molecule has 2 aromatic rings. The highest BCUT2D eigenvalue weighted by Crippen LogP contribution is 2.23. The number of furan rings is 1. The Morgan fingerprint density at radius 2 is 2.00 bits per heavy atom. The van der Waals surface area contributed by atoms with Crippen molar-refractivity contribution in [3.8, 4) is 5.75 Å². The fourth-order valence-electron chi connectivity index (χ4n) is 3.02. The van der Waals surface area contributed by atoms with E-state index in [1.54, 1.807) is 12.0 Å². The maximum absolute atomic E-state index is 12.9. The molecule has 0 bridgehead atoms. The molecule has 1 fully saturated rings. The van der Waals surface area contributed by atoms with E-state index in [0.29, 0.717) is 25.4 Å². The quantitative estimate of drug-likeness (QED) is 0.818. The lowest BCUT2D eigenvalue weighted by atomic mass is 10.1. The van der Waals surface area contributed by atoms with Crippen LogP contribution in [0.25, 0.3) is 0 Å². The normalized spacial score (nSPS) is 16.4. The van der Waals surface area contributed by atoms with Gasteiger partial charge in [-0.1, -0.05) is 18.2 Å². The Morgan fingerprint density at radius 3 is 2.65 bits per heavy atom. The second-order valence-corrected chi connectivity index (χ2v) is 6.10. The van der Waals surface area contributed by atoms with Crippen molar-refractivity contribution >= 4 is 11.9 Å². The third-order valence-corrected chi connectivity index (χ3v) is 4.32. The number of hydrogen-bond acceptors (Lipinski definition) is 5. The van der Waals surface area contributed by atoms with Crippen molar-refractivity contribution in [1.29, 1.82) is 0 Å². The van der Waals surface area contributed by atoms with Crippen LogP contribution in [0, 0.1) is 0 Å². The van der Waals surface area contributed by atoms with Crippen molar-refractivity contribution in [3.63, 3.8) is 0 Å². The van der Waals surface area contributed by atoms with Crippen LogP contribution in [-0.2, 0) is 11.3 Å². The van der Waals surface area contributed by atoms with E-state index in [2.05, 4.69) is 0 Å². The molecular weight excluding hydrogens is 338 g/mol. The van der Waals surface area contributed by atoms with Crippen LogP contribution in [0.1, 0.15) is 39.5 Å². The van der Waals surface area contributed by atoms with Gasteiger partial charge in [0.2, 0.25) is 5.76 Å². The van der Waals surface area contributed by atoms with Crippen molar-refractivity contribution in [2.24, 2.45) is 0 Å². The first-order valence-corrected chi connectivity index (χ1v) is 8.44. The molecule has 0 radical (unpaired) electrons. The number of carbonyl (C=O) groups excluding carboxylic acids is 1. The highest BCUT2D eigenvalue weighted by Gasteiger charge is 2.26. The molecule has 0 saturated carbocycles. The molecule has 1 amide bonds. The molecule has 7 heteroatoms. The first kappa shape index (κ1) is 18.0. The lowest BCUT2D eigenvalue weighted by Crippen LogP contribution is -2.36. The number of carboxylic acids is 1. The zero-order valence-corrected chi connectivity index (χ0v) is 14.5. The number of hydrogen-bond donors (Lipinski definition) is 1. The average Bonchev–Trinajstić information content (AvgIpc) is 3.33. The van der Waals surface area contributed by atoms with E-state index in [1.165, 1.54) is 12.1 Å².